The van der Waals surface area contributed by atoms with Gasteiger partial charge >= 0.3 is 0 Å². The monoisotopic (exact) mass is 262 g/mol. The number of thioether (sulfide) groups is 1. The van der Waals surface area contributed by atoms with E-state index in [0.29, 0.717) is 25.1 Å². The first-order chi connectivity index (χ1) is 7.96. The zero-order valence-corrected chi connectivity index (χ0v) is 13.1. The maximum absolute atomic E-state index is 6.04. The molecule has 0 amide bonds. The molecule has 0 heterocycles. The van der Waals surface area contributed by atoms with Crippen LogP contribution in [0.2, 0.25) is 0 Å². The van der Waals surface area contributed by atoms with Crippen LogP contribution in [0.4, 0.5) is 0 Å². The zero-order valence-electron chi connectivity index (χ0n) is 12.3. The molecule has 0 spiro atoms. The lowest BCUT2D eigenvalue weighted by atomic mass is 9.84. The molecular weight excluding hydrogens is 232 g/mol. The quantitative estimate of drug-likeness (QED) is 0.690. The SMILES string of the molecule is COCC(CN)(C(C)C)N(C)C(C)CCSC. The first-order valence-corrected chi connectivity index (χ1v) is 7.76. The topological polar surface area (TPSA) is 38.5 Å². The molecule has 0 rings (SSSR count). The Balaban J connectivity index is 4.77. The van der Waals surface area contributed by atoms with Crippen LogP contribution in [0, 0.1) is 5.92 Å². The number of rotatable bonds is 9. The molecule has 0 aliphatic rings. The van der Waals surface area contributed by atoms with E-state index in [-0.39, 0.29) is 5.54 Å². The number of nitrogens with zero attached hydrogens (tertiary/aromatic N) is 1. The average Bonchev–Trinajstić information content (AvgIpc) is 2.31. The second-order valence-corrected chi connectivity index (χ2v) is 6.12. The van der Waals surface area contributed by atoms with E-state index in [0.717, 1.165) is 0 Å². The van der Waals surface area contributed by atoms with Gasteiger partial charge in [-0.2, -0.15) is 11.8 Å². The Morgan fingerprint density at radius 2 is 1.94 bits per heavy atom. The van der Waals surface area contributed by atoms with Crippen molar-refractivity contribution in [3.63, 3.8) is 0 Å². The van der Waals surface area contributed by atoms with Crippen LogP contribution in [-0.2, 0) is 4.74 Å². The van der Waals surface area contributed by atoms with E-state index in [9.17, 15) is 0 Å². The van der Waals surface area contributed by atoms with Crippen LogP contribution in [-0.4, -0.2) is 55.8 Å². The molecule has 4 heteroatoms. The van der Waals surface area contributed by atoms with Gasteiger partial charge in [-0.25, -0.2) is 0 Å². The Labute approximate surface area is 111 Å². The van der Waals surface area contributed by atoms with Gasteiger partial charge in [0.1, 0.15) is 0 Å². The van der Waals surface area contributed by atoms with Crippen molar-refractivity contribution in [2.24, 2.45) is 11.7 Å². The minimum atomic E-state index is -0.0490. The van der Waals surface area contributed by atoms with Gasteiger partial charge in [-0.3, -0.25) is 4.90 Å². The normalized spacial score (nSPS) is 17.5. The predicted octanol–water partition coefficient (Wildman–Crippen LogP) is 2.06. The van der Waals surface area contributed by atoms with Crippen LogP contribution in [0.5, 0.6) is 0 Å². The average molecular weight is 262 g/mol. The number of nitrogens with two attached hydrogens (primary N) is 1. The fourth-order valence-corrected chi connectivity index (χ4v) is 2.86. The standard InChI is InChI=1S/C13H30N2OS/c1-11(2)13(9-14,10-16-5)15(4)12(3)7-8-17-6/h11-12H,7-10,14H2,1-6H3. The van der Waals surface area contributed by atoms with Crippen LogP contribution in [0.3, 0.4) is 0 Å². The van der Waals surface area contributed by atoms with Gasteiger partial charge in [0, 0.05) is 19.7 Å². The molecule has 0 aromatic heterocycles. The summed E-state index contributed by atoms with van der Waals surface area (Å²) in [7, 11) is 3.93. The highest BCUT2D eigenvalue weighted by atomic mass is 32.2. The maximum Gasteiger partial charge on any atom is 0.0661 e. The highest BCUT2D eigenvalue weighted by Crippen LogP contribution is 2.26. The van der Waals surface area contributed by atoms with E-state index in [1.165, 1.54) is 12.2 Å². The number of likely N-dealkylation sites (N-methyl/N-ethyl adjacent to an activating group) is 1. The Morgan fingerprint density at radius 3 is 2.29 bits per heavy atom. The number of methoxy groups -OCH3 is 1. The molecule has 0 aliphatic carbocycles. The molecule has 0 aromatic rings. The summed E-state index contributed by atoms with van der Waals surface area (Å²) < 4.78 is 5.41. The van der Waals surface area contributed by atoms with E-state index < -0.39 is 0 Å². The van der Waals surface area contributed by atoms with Gasteiger partial charge in [0.25, 0.3) is 0 Å². The third kappa shape index (κ3) is 4.43. The molecule has 2 unspecified atom stereocenters. The van der Waals surface area contributed by atoms with Crippen LogP contribution in [0.1, 0.15) is 27.2 Å². The summed E-state index contributed by atoms with van der Waals surface area (Å²) in [5, 5.41) is 0. The lowest BCUT2D eigenvalue weighted by Crippen LogP contribution is -2.61. The van der Waals surface area contributed by atoms with Crippen LogP contribution in [0.15, 0.2) is 0 Å². The summed E-state index contributed by atoms with van der Waals surface area (Å²) >= 11 is 1.90. The fraction of sp³-hybridized carbons (Fsp3) is 1.00. The molecular formula is C13H30N2OS. The molecule has 0 radical (unpaired) electrons. The minimum absolute atomic E-state index is 0.0490. The summed E-state index contributed by atoms with van der Waals surface area (Å²) in [5.41, 5.74) is 5.99. The molecule has 3 nitrogen and oxygen atoms in total. The molecule has 0 saturated heterocycles. The number of hydrogen-bond donors (Lipinski definition) is 1. The van der Waals surface area contributed by atoms with Gasteiger partial charge in [0.15, 0.2) is 0 Å². The first-order valence-electron chi connectivity index (χ1n) is 6.37. The van der Waals surface area contributed by atoms with E-state index in [1.807, 2.05) is 11.8 Å². The third-order valence-electron chi connectivity index (χ3n) is 3.93. The lowest BCUT2D eigenvalue weighted by molar-refractivity contribution is -0.0211. The van der Waals surface area contributed by atoms with Crippen LogP contribution in [0.25, 0.3) is 0 Å². The third-order valence-corrected chi connectivity index (χ3v) is 4.57. The largest absolute Gasteiger partial charge is 0.383 e. The van der Waals surface area contributed by atoms with Crippen molar-refractivity contribution >= 4 is 11.8 Å². The smallest absolute Gasteiger partial charge is 0.0661 e. The summed E-state index contributed by atoms with van der Waals surface area (Å²) in [4.78, 5) is 2.41. The molecule has 17 heavy (non-hydrogen) atoms. The highest BCUT2D eigenvalue weighted by molar-refractivity contribution is 7.98. The summed E-state index contributed by atoms with van der Waals surface area (Å²) in [6.07, 6.45) is 3.34. The second-order valence-electron chi connectivity index (χ2n) is 5.14. The van der Waals surface area contributed by atoms with Gasteiger partial charge in [-0.05, 0) is 38.3 Å². The molecule has 2 N–H and O–H groups in total. The summed E-state index contributed by atoms with van der Waals surface area (Å²) in [6.45, 7) is 8.06. The van der Waals surface area contributed by atoms with Crippen molar-refractivity contribution in [1.29, 1.82) is 0 Å². The highest BCUT2D eigenvalue weighted by Gasteiger charge is 2.38. The Hall–Kier alpha value is 0.230. The van der Waals surface area contributed by atoms with Crippen molar-refractivity contribution in [2.75, 3.05) is 39.3 Å². The van der Waals surface area contributed by atoms with Crippen LogP contribution >= 0.6 is 11.8 Å². The van der Waals surface area contributed by atoms with Crippen molar-refractivity contribution in [3.05, 3.63) is 0 Å². The predicted molar refractivity (Wildman–Crippen MR) is 78.7 cm³/mol. The Morgan fingerprint density at radius 1 is 1.35 bits per heavy atom. The second kappa shape index (κ2) is 8.35. The van der Waals surface area contributed by atoms with Crippen molar-refractivity contribution < 1.29 is 4.74 Å². The van der Waals surface area contributed by atoms with Gasteiger partial charge in [0.05, 0.1) is 12.1 Å². The molecule has 2 atom stereocenters. The van der Waals surface area contributed by atoms with Gasteiger partial charge in [-0.15, -0.1) is 0 Å². The van der Waals surface area contributed by atoms with Gasteiger partial charge in [0.2, 0.25) is 0 Å². The van der Waals surface area contributed by atoms with Crippen LogP contribution < -0.4 is 5.73 Å². The minimum Gasteiger partial charge on any atom is -0.383 e. The zero-order chi connectivity index (χ0) is 13.5. The maximum atomic E-state index is 6.04. The molecule has 0 bridgehead atoms. The molecule has 0 fully saturated rings. The number of hydrogen-bond acceptors (Lipinski definition) is 4. The van der Waals surface area contributed by atoms with E-state index in [2.05, 4.69) is 39.0 Å². The van der Waals surface area contributed by atoms with Crippen molar-refractivity contribution in [2.45, 2.75) is 38.8 Å². The fourth-order valence-electron chi connectivity index (χ4n) is 2.29. The first kappa shape index (κ1) is 17.2. The van der Waals surface area contributed by atoms with E-state index in [4.69, 9.17) is 10.5 Å². The molecule has 0 saturated carbocycles. The van der Waals surface area contributed by atoms with E-state index >= 15 is 0 Å². The van der Waals surface area contributed by atoms with E-state index in [1.54, 1.807) is 7.11 Å². The lowest BCUT2D eigenvalue weighted by Gasteiger charge is -2.47. The Kier molecular flexibility index (Phi) is 8.47. The summed E-state index contributed by atoms with van der Waals surface area (Å²) in [5.74, 6) is 1.67. The molecule has 0 aliphatic heterocycles. The number of ether oxygens (including phenoxy) is 1. The summed E-state index contributed by atoms with van der Waals surface area (Å²) in [6, 6.07) is 0.531. The van der Waals surface area contributed by atoms with Gasteiger partial charge in [-0.1, -0.05) is 13.8 Å². The molecule has 0 aromatic carbocycles. The van der Waals surface area contributed by atoms with Crippen molar-refractivity contribution in [1.82, 2.24) is 4.90 Å². The van der Waals surface area contributed by atoms with Crippen molar-refractivity contribution in [3.8, 4) is 0 Å². The van der Waals surface area contributed by atoms with Gasteiger partial charge < -0.3 is 10.5 Å². The molecule has 104 valence electrons. The Bertz CT molecular complexity index is 202.